The van der Waals surface area contributed by atoms with E-state index in [0.29, 0.717) is 12.2 Å². The molecular formula is C21H20N2O3S2. The number of hydrogen-bond acceptors (Lipinski definition) is 4. The van der Waals surface area contributed by atoms with E-state index in [1.54, 1.807) is 24.3 Å². The van der Waals surface area contributed by atoms with E-state index < -0.39 is 10.0 Å². The molecular weight excluding hydrogens is 392 g/mol. The molecule has 3 aromatic carbocycles. The molecule has 1 amide bonds. The Labute approximate surface area is 169 Å². The summed E-state index contributed by atoms with van der Waals surface area (Å²) >= 11 is 1.49. The lowest BCUT2D eigenvalue weighted by Crippen LogP contribution is -2.19. The minimum absolute atomic E-state index is 0.133. The fourth-order valence-electron chi connectivity index (χ4n) is 2.47. The molecule has 0 bridgehead atoms. The Morgan fingerprint density at radius 3 is 2.21 bits per heavy atom. The third-order valence-corrected chi connectivity index (χ3v) is 6.34. The third kappa shape index (κ3) is 5.37. The van der Waals surface area contributed by atoms with Gasteiger partial charge in [-0.25, -0.2) is 8.42 Å². The van der Waals surface area contributed by atoms with E-state index in [2.05, 4.69) is 10.0 Å². The van der Waals surface area contributed by atoms with Gasteiger partial charge in [0.1, 0.15) is 0 Å². The van der Waals surface area contributed by atoms with E-state index in [-0.39, 0.29) is 10.8 Å². The number of sulfonamides is 1. The van der Waals surface area contributed by atoms with Crippen molar-refractivity contribution in [3.8, 4) is 0 Å². The Morgan fingerprint density at radius 2 is 1.54 bits per heavy atom. The summed E-state index contributed by atoms with van der Waals surface area (Å²) < 4.78 is 28.3. The highest BCUT2D eigenvalue weighted by Crippen LogP contribution is 2.34. The number of amides is 1. The number of para-hydroxylation sites is 1. The van der Waals surface area contributed by atoms with E-state index >= 15 is 0 Å². The first-order chi connectivity index (χ1) is 13.4. The van der Waals surface area contributed by atoms with Crippen LogP contribution in [0, 0.1) is 0 Å². The van der Waals surface area contributed by atoms with Crippen molar-refractivity contribution in [3.63, 3.8) is 0 Å². The number of rotatable bonds is 7. The highest BCUT2D eigenvalue weighted by molar-refractivity contribution is 7.99. The maximum Gasteiger partial charge on any atom is 0.261 e. The van der Waals surface area contributed by atoms with Crippen molar-refractivity contribution < 1.29 is 13.2 Å². The molecule has 2 N–H and O–H groups in total. The second-order valence-electron chi connectivity index (χ2n) is 6.07. The molecule has 7 heteroatoms. The molecule has 0 radical (unpaired) electrons. The minimum atomic E-state index is -3.73. The first-order valence-corrected chi connectivity index (χ1v) is 10.9. The SMILES string of the molecule is CC(=O)NCc1ccc(S(=O)(=O)Nc2ccccc2Sc2ccccc2)cc1. The average Bonchev–Trinajstić information content (AvgIpc) is 2.69. The minimum Gasteiger partial charge on any atom is -0.352 e. The second-order valence-corrected chi connectivity index (χ2v) is 8.87. The van der Waals surface area contributed by atoms with Gasteiger partial charge in [-0.3, -0.25) is 9.52 Å². The fourth-order valence-corrected chi connectivity index (χ4v) is 4.54. The maximum atomic E-state index is 12.8. The third-order valence-electron chi connectivity index (χ3n) is 3.88. The smallest absolute Gasteiger partial charge is 0.261 e. The molecule has 0 heterocycles. The zero-order valence-electron chi connectivity index (χ0n) is 15.3. The van der Waals surface area contributed by atoms with Gasteiger partial charge in [-0.15, -0.1) is 0 Å². The van der Waals surface area contributed by atoms with E-state index in [1.807, 2.05) is 42.5 Å². The van der Waals surface area contributed by atoms with E-state index in [1.165, 1.54) is 30.8 Å². The predicted octanol–water partition coefficient (Wildman–Crippen LogP) is 4.27. The molecule has 0 aliphatic carbocycles. The molecule has 0 saturated heterocycles. The first-order valence-electron chi connectivity index (χ1n) is 8.62. The van der Waals surface area contributed by atoms with Crippen molar-refractivity contribution in [2.75, 3.05) is 4.72 Å². The van der Waals surface area contributed by atoms with Crippen molar-refractivity contribution >= 4 is 33.4 Å². The summed E-state index contributed by atoms with van der Waals surface area (Å²) in [5.41, 5.74) is 1.35. The van der Waals surface area contributed by atoms with Crippen LogP contribution < -0.4 is 10.0 Å². The van der Waals surface area contributed by atoms with E-state index in [4.69, 9.17) is 0 Å². The summed E-state index contributed by atoms with van der Waals surface area (Å²) in [4.78, 5) is 13.0. The molecule has 0 aromatic heterocycles. The van der Waals surface area contributed by atoms with Gasteiger partial charge in [0, 0.05) is 23.3 Å². The standard InChI is InChI=1S/C21H20N2O3S2/c1-16(24)22-15-17-11-13-19(14-12-17)28(25,26)23-20-9-5-6-10-21(20)27-18-7-3-2-4-8-18/h2-14,23H,15H2,1H3,(H,22,24). The van der Waals surface area contributed by atoms with Gasteiger partial charge in [0.2, 0.25) is 5.91 Å². The van der Waals surface area contributed by atoms with Crippen LogP contribution in [0.5, 0.6) is 0 Å². The van der Waals surface area contributed by atoms with Gasteiger partial charge in [0.25, 0.3) is 10.0 Å². The number of carbonyl (C=O) groups excluding carboxylic acids is 1. The highest BCUT2D eigenvalue weighted by atomic mass is 32.2. The lowest BCUT2D eigenvalue weighted by Gasteiger charge is -2.13. The van der Waals surface area contributed by atoms with Crippen LogP contribution >= 0.6 is 11.8 Å². The summed E-state index contributed by atoms with van der Waals surface area (Å²) in [6.07, 6.45) is 0. The first kappa shape index (κ1) is 20.0. The molecule has 0 fully saturated rings. The van der Waals surface area contributed by atoms with Crippen LogP contribution in [0.2, 0.25) is 0 Å². The van der Waals surface area contributed by atoms with E-state index in [0.717, 1.165) is 15.4 Å². The van der Waals surface area contributed by atoms with Gasteiger partial charge >= 0.3 is 0 Å². The van der Waals surface area contributed by atoms with Crippen LogP contribution in [-0.4, -0.2) is 14.3 Å². The van der Waals surface area contributed by atoms with Gasteiger partial charge in [0.15, 0.2) is 0 Å². The topological polar surface area (TPSA) is 75.3 Å². The van der Waals surface area contributed by atoms with Crippen molar-refractivity contribution in [2.24, 2.45) is 0 Å². The van der Waals surface area contributed by atoms with Crippen molar-refractivity contribution in [1.82, 2.24) is 5.32 Å². The Hall–Kier alpha value is -2.77. The molecule has 0 unspecified atom stereocenters. The Bertz CT molecular complexity index is 1050. The van der Waals surface area contributed by atoms with Crippen LogP contribution in [-0.2, 0) is 21.4 Å². The second kappa shape index (κ2) is 8.95. The van der Waals surface area contributed by atoms with Gasteiger partial charge in [-0.1, -0.05) is 54.2 Å². The molecule has 0 aliphatic rings. The monoisotopic (exact) mass is 412 g/mol. The van der Waals surface area contributed by atoms with Gasteiger partial charge in [-0.05, 0) is 42.0 Å². The summed E-state index contributed by atoms with van der Waals surface area (Å²) in [5.74, 6) is -0.133. The van der Waals surface area contributed by atoms with E-state index in [9.17, 15) is 13.2 Å². The number of anilines is 1. The quantitative estimate of drug-likeness (QED) is 0.608. The Balaban J connectivity index is 1.78. The summed E-state index contributed by atoms with van der Waals surface area (Å²) in [6.45, 7) is 1.80. The molecule has 0 atom stereocenters. The number of benzene rings is 3. The van der Waals surface area contributed by atoms with Gasteiger partial charge in [-0.2, -0.15) is 0 Å². The summed E-state index contributed by atoms with van der Waals surface area (Å²) in [7, 11) is -3.73. The summed E-state index contributed by atoms with van der Waals surface area (Å²) in [5, 5.41) is 2.68. The average molecular weight is 413 g/mol. The zero-order valence-corrected chi connectivity index (χ0v) is 16.9. The van der Waals surface area contributed by atoms with Crippen LogP contribution in [0.4, 0.5) is 5.69 Å². The zero-order chi connectivity index (χ0) is 20.0. The molecule has 28 heavy (non-hydrogen) atoms. The molecule has 3 aromatic rings. The largest absolute Gasteiger partial charge is 0.352 e. The lowest BCUT2D eigenvalue weighted by molar-refractivity contribution is -0.119. The fraction of sp³-hybridized carbons (Fsp3) is 0.0952. The molecule has 0 spiro atoms. The predicted molar refractivity (Wildman–Crippen MR) is 112 cm³/mol. The molecule has 0 aliphatic heterocycles. The molecule has 144 valence electrons. The Morgan fingerprint density at radius 1 is 0.893 bits per heavy atom. The highest BCUT2D eigenvalue weighted by Gasteiger charge is 2.16. The molecule has 5 nitrogen and oxygen atoms in total. The number of nitrogens with one attached hydrogen (secondary N) is 2. The Kier molecular flexibility index (Phi) is 6.38. The van der Waals surface area contributed by atoms with Crippen LogP contribution in [0.3, 0.4) is 0 Å². The van der Waals surface area contributed by atoms with Crippen molar-refractivity contribution in [2.45, 2.75) is 28.2 Å². The van der Waals surface area contributed by atoms with Gasteiger partial charge in [0.05, 0.1) is 10.6 Å². The van der Waals surface area contributed by atoms with Crippen molar-refractivity contribution in [3.05, 3.63) is 84.4 Å². The molecule has 0 saturated carbocycles. The van der Waals surface area contributed by atoms with Gasteiger partial charge < -0.3 is 5.32 Å². The number of carbonyl (C=O) groups is 1. The van der Waals surface area contributed by atoms with Crippen molar-refractivity contribution in [1.29, 1.82) is 0 Å². The van der Waals surface area contributed by atoms with Crippen LogP contribution in [0.1, 0.15) is 12.5 Å². The lowest BCUT2D eigenvalue weighted by atomic mass is 10.2. The maximum absolute atomic E-state index is 12.8. The number of hydrogen-bond donors (Lipinski definition) is 2. The van der Waals surface area contributed by atoms with Crippen LogP contribution in [0.25, 0.3) is 0 Å². The normalized spacial score (nSPS) is 11.0. The summed E-state index contributed by atoms with van der Waals surface area (Å²) in [6, 6.07) is 23.5. The molecule has 3 rings (SSSR count). The van der Waals surface area contributed by atoms with Crippen LogP contribution in [0.15, 0.2) is 93.5 Å².